The van der Waals surface area contributed by atoms with Crippen molar-refractivity contribution < 1.29 is 9.53 Å². The molecule has 114 valence electrons. The maximum atomic E-state index is 12.4. The molecule has 0 bridgehead atoms. The highest BCUT2D eigenvalue weighted by Gasteiger charge is 2.35. The van der Waals surface area contributed by atoms with E-state index >= 15 is 0 Å². The monoisotopic (exact) mass is 298 g/mol. The van der Waals surface area contributed by atoms with Crippen LogP contribution in [-0.2, 0) is 9.53 Å². The molecule has 1 unspecified atom stereocenters. The van der Waals surface area contributed by atoms with Crippen molar-refractivity contribution in [1.29, 1.82) is 0 Å². The Morgan fingerprint density at radius 1 is 1.35 bits per heavy atom. The molecule has 3 heteroatoms. The van der Waals surface area contributed by atoms with Gasteiger partial charge in [0.1, 0.15) is 6.10 Å². The summed E-state index contributed by atoms with van der Waals surface area (Å²) in [6, 6.07) is 0. The van der Waals surface area contributed by atoms with E-state index in [2.05, 4.69) is 20.8 Å². The summed E-state index contributed by atoms with van der Waals surface area (Å²) < 4.78 is 5.88. The van der Waals surface area contributed by atoms with E-state index in [9.17, 15) is 4.79 Å². The molecule has 0 radical (unpaired) electrons. The minimum Gasteiger partial charge on any atom is -0.462 e. The van der Waals surface area contributed by atoms with Crippen LogP contribution in [0.25, 0.3) is 0 Å². The van der Waals surface area contributed by atoms with Crippen LogP contribution in [0.2, 0.25) is 0 Å². The van der Waals surface area contributed by atoms with Crippen LogP contribution in [0.4, 0.5) is 0 Å². The van der Waals surface area contributed by atoms with Gasteiger partial charge in [-0.05, 0) is 49.9 Å². The smallest absolute Gasteiger partial charge is 0.314 e. The Hall–Kier alpha value is -0.500. The Morgan fingerprint density at radius 3 is 2.75 bits per heavy atom. The Bertz CT molecular complexity index is 375. The molecule has 1 saturated carbocycles. The predicted molar refractivity (Wildman–Crippen MR) is 82.5 cm³/mol. The lowest BCUT2D eigenvalue weighted by atomic mass is 9.75. The lowest BCUT2D eigenvalue weighted by molar-refractivity contribution is -0.159. The van der Waals surface area contributed by atoms with E-state index in [1.807, 2.05) is 6.08 Å². The Labute approximate surface area is 127 Å². The zero-order valence-electron chi connectivity index (χ0n) is 12.9. The van der Waals surface area contributed by atoms with Crippen molar-refractivity contribution in [3.63, 3.8) is 0 Å². The van der Waals surface area contributed by atoms with Gasteiger partial charge in [0.05, 0.1) is 5.92 Å². The average molecular weight is 299 g/mol. The summed E-state index contributed by atoms with van der Waals surface area (Å²) in [4.78, 5) is 12.4. The first kappa shape index (κ1) is 15.9. The molecule has 2 aliphatic carbocycles. The largest absolute Gasteiger partial charge is 0.462 e. The fraction of sp³-hybridized carbons (Fsp3) is 0.824. The molecule has 0 aromatic carbocycles. The van der Waals surface area contributed by atoms with Gasteiger partial charge in [0.2, 0.25) is 0 Å². The maximum Gasteiger partial charge on any atom is 0.314 e. The third-order valence-corrected chi connectivity index (χ3v) is 5.30. The molecule has 0 saturated heterocycles. The minimum atomic E-state index is -0.213. The Kier molecular flexibility index (Phi) is 5.54. The van der Waals surface area contributed by atoms with Crippen LogP contribution in [0.3, 0.4) is 0 Å². The molecule has 2 aliphatic rings. The summed E-state index contributed by atoms with van der Waals surface area (Å²) in [5, 5.41) is 0.686. The van der Waals surface area contributed by atoms with E-state index in [1.165, 1.54) is 12.8 Å². The quantitative estimate of drug-likeness (QED) is 0.692. The van der Waals surface area contributed by atoms with Gasteiger partial charge < -0.3 is 4.74 Å². The minimum absolute atomic E-state index is 0.0812. The second-order valence-electron chi connectivity index (χ2n) is 6.87. The molecular weight excluding hydrogens is 272 g/mol. The second-order valence-corrected chi connectivity index (χ2v) is 7.31. The third-order valence-electron chi connectivity index (χ3n) is 4.88. The average Bonchev–Trinajstić information content (AvgIpc) is 2.38. The van der Waals surface area contributed by atoms with E-state index in [0.29, 0.717) is 22.8 Å². The summed E-state index contributed by atoms with van der Waals surface area (Å²) in [6.07, 6.45) is 8.33. The van der Waals surface area contributed by atoms with Crippen molar-refractivity contribution in [2.75, 3.05) is 0 Å². The summed E-state index contributed by atoms with van der Waals surface area (Å²) in [6.45, 7) is 6.72. The van der Waals surface area contributed by atoms with Crippen molar-refractivity contribution >= 4 is 17.6 Å². The summed E-state index contributed by atoms with van der Waals surface area (Å²) in [7, 11) is 0. The molecule has 0 aliphatic heterocycles. The zero-order chi connectivity index (χ0) is 14.7. The molecule has 0 N–H and O–H groups in total. The van der Waals surface area contributed by atoms with Crippen molar-refractivity contribution in [1.82, 2.24) is 0 Å². The van der Waals surface area contributed by atoms with Gasteiger partial charge in [-0.2, -0.15) is 0 Å². The SMILES string of the molecule is CC(C)[C@@H]1CC[C@@H](C)C[C@H]1OC(=O)C1CCCC=C1Cl. The van der Waals surface area contributed by atoms with Crippen LogP contribution >= 0.6 is 11.6 Å². The zero-order valence-corrected chi connectivity index (χ0v) is 13.7. The van der Waals surface area contributed by atoms with E-state index in [1.54, 1.807) is 0 Å². The van der Waals surface area contributed by atoms with Gasteiger partial charge in [0.25, 0.3) is 0 Å². The number of esters is 1. The van der Waals surface area contributed by atoms with E-state index in [0.717, 1.165) is 25.7 Å². The summed E-state index contributed by atoms with van der Waals surface area (Å²) >= 11 is 6.18. The molecule has 20 heavy (non-hydrogen) atoms. The molecule has 0 heterocycles. The topological polar surface area (TPSA) is 26.3 Å². The number of rotatable bonds is 3. The molecule has 0 spiro atoms. The molecule has 2 nitrogen and oxygen atoms in total. The molecule has 0 aromatic rings. The summed E-state index contributed by atoms with van der Waals surface area (Å²) in [5.41, 5.74) is 0. The van der Waals surface area contributed by atoms with Crippen molar-refractivity contribution in [3.8, 4) is 0 Å². The van der Waals surface area contributed by atoms with Crippen LogP contribution in [0.15, 0.2) is 11.1 Å². The number of ether oxygens (including phenoxy) is 1. The number of carbonyl (C=O) groups is 1. The number of allylic oxidation sites excluding steroid dienone is 1. The standard InChI is InChI=1S/C17H27ClO2/c1-11(2)13-9-8-12(3)10-16(13)20-17(19)14-6-4-5-7-15(14)18/h7,11-14,16H,4-6,8-10H2,1-3H3/t12-,13+,14?,16-/m1/s1. The lowest BCUT2D eigenvalue weighted by Crippen LogP contribution is -2.37. The highest BCUT2D eigenvalue weighted by Crippen LogP contribution is 2.37. The maximum absolute atomic E-state index is 12.4. The first-order valence-electron chi connectivity index (χ1n) is 8.05. The van der Waals surface area contributed by atoms with Gasteiger partial charge in [-0.15, -0.1) is 0 Å². The van der Waals surface area contributed by atoms with Crippen LogP contribution in [0.5, 0.6) is 0 Å². The van der Waals surface area contributed by atoms with Crippen molar-refractivity contribution in [3.05, 3.63) is 11.1 Å². The molecule has 1 fully saturated rings. The fourth-order valence-electron chi connectivity index (χ4n) is 3.55. The number of hydrogen-bond acceptors (Lipinski definition) is 2. The van der Waals surface area contributed by atoms with Crippen LogP contribution in [0.1, 0.15) is 59.3 Å². The molecular formula is C17H27ClO2. The van der Waals surface area contributed by atoms with Gasteiger partial charge in [-0.25, -0.2) is 0 Å². The number of halogens is 1. The van der Waals surface area contributed by atoms with E-state index in [4.69, 9.17) is 16.3 Å². The lowest BCUT2D eigenvalue weighted by Gasteiger charge is -2.37. The normalized spacial score (nSPS) is 34.8. The van der Waals surface area contributed by atoms with Gasteiger partial charge in [0.15, 0.2) is 0 Å². The highest BCUT2D eigenvalue weighted by molar-refractivity contribution is 6.31. The second kappa shape index (κ2) is 6.98. The van der Waals surface area contributed by atoms with E-state index in [-0.39, 0.29) is 18.0 Å². The first-order chi connectivity index (χ1) is 9.49. The molecule has 0 amide bonds. The van der Waals surface area contributed by atoms with Crippen molar-refractivity contribution in [2.24, 2.45) is 23.7 Å². The molecule has 2 rings (SSSR count). The molecule has 4 atom stereocenters. The Morgan fingerprint density at radius 2 is 2.10 bits per heavy atom. The van der Waals surface area contributed by atoms with Gasteiger partial charge in [0, 0.05) is 5.03 Å². The first-order valence-corrected chi connectivity index (χ1v) is 8.43. The van der Waals surface area contributed by atoms with E-state index < -0.39 is 0 Å². The van der Waals surface area contributed by atoms with Gasteiger partial charge >= 0.3 is 5.97 Å². The number of carbonyl (C=O) groups excluding carboxylic acids is 1. The summed E-state index contributed by atoms with van der Waals surface area (Å²) in [5.74, 6) is 1.41. The van der Waals surface area contributed by atoms with Crippen LogP contribution in [-0.4, -0.2) is 12.1 Å². The van der Waals surface area contributed by atoms with Crippen LogP contribution in [0, 0.1) is 23.7 Å². The van der Waals surface area contributed by atoms with Crippen molar-refractivity contribution in [2.45, 2.75) is 65.4 Å². The Balaban J connectivity index is 2.00. The van der Waals surface area contributed by atoms with Gasteiger partial charge in [-0.1, -0.05) is 44.9 Å². The number of hydrogen-bond donors (Lipinski definition) is 0. The fourth-order valence-corrected chi connectivity index (χ4v) is 3.86. The van der Waals surface area contributed by atoms with Crippen LogP contribution < -0.4 is 0 Å². The predicted octanol–water partition coefficient (Wildman–Crippen LogP) is 4.91. The highest BCUT2D eigenvalue weighted by atomic mass is 35.5. The van der Waals surface area contributed by atoms with Gasteiger partial charge in [-0.3, -0.25) is 4.79 Å². The molecule has 0 aromatic heterocycles. The third kappa shape index (κ3) is 3.78.